The van der Waals surface area contributed by atoms with Crippen LogP contribution in [-0.4, -0.2) is 45.8 Å². The Hall–Kier alpha value is -3.62. The molecule has 0 saturated carbocycles. The van der Waals surface area contributed by atoms with Crippen LogP contribution in [0.4, 0.5) is 13.2 Å². The fourth-order valence-corrected chi connectivity index (χ4v) is 3.97. The fourth-order valence-electron chi connectivity index (χ4n) is 3.97. The number of benzene rings is 2. The summed E-state index contributed by atoms with van der Waals surface area (Å²) < 4.78 is 40.5. The van der Waals surface area contributed by atoms with Crippen molar-refractivity contribution >= 4 is 11.8 Å². The predicted octanol–water partition coefficient (Wildman–Crippen LogP) is 3.95. The van der Waals surface area contributed by atoms with Gasteiger partial charge in [-0.05, 0) is 25.0 Å². The predicted molar refractivity (Wildman–Crippen MR) is 116 cm³/mol. The normalized spacial score (nSPS) is 18.6. The SMILES string of the molecule is CN(Cc1cn(-c2ccccc2)nc1-c1ccccc1)C(=O)C1CCC(C(F)(F)F)NC1=O. The molecule has 172 valence electrons. The Balaban J connectivity index is 1.56. The molecule has 2 heterocycles. The van der Waals surface area contributed by atoms with Gasteiger partial charge in [-0.1, -0.05) is 48.5 Å². The first-order valence-corrected chi connectivity index (χ1v) is 10.6. The van der Waals surface area contributed by atoms with E-state index in [1.165, 1.54) is 4.90 Å². The van der Waals surface area contributed by atoms with E-state index in [4.69, 9.17) is 5.10 Å². The molecule has 9 heteroatoms. The van der Waals surface area contributed by atoms with E-state index in [0.717, 1.165) is 16.8 Å². The number of rotatable bonds is 5. The molecule has 0 aliphatic carbocycles. The third-order valence-corrected chi connectivity index (χ3v) is 5.71. The van der Waals surface area contributed by atoms with Crippen LogP contribution in [-0.2, 0) is 16.1 Å². The number of piperidine rings is 1. The van der Waals surface area contributed by atoms with Crippen LogP contribution in [0.2, 0.25) is 0 Å². The van der Waals surface area contributed by atoms with E-state index in [-0.39, 0.29) is 19.4 Å². The number of amides is 2. The lowest BCUT2D eigenvalue weighted by Crippen LogP contribution is -2.54. The van der Waals surface area contributed by atoms with E-state index < -0.39 is 30.0 Å². The average molecular weight is 456 g/mol. The highest BCUT2D eigenvalue weighted by Crippen LogP contribution is 2.30. The fraction of sp³-hybridized carbons (Fsp3) is 0.292. The zero-order chi connectivity index (χ0) is 23.6. The van der Waals surface area contributed by atoms with Crippen molar-refractivity contribution in [3.05, 3.63) is 72.4 Å². The summed E-state index contributed by atoms with van der Waals surface area (Å²) in [6, 6.07) is 17.1. The Kier molecular flexibility index (Phi) is 6.22. The summed E-state index contributed by atoms with van der Waals surface area (Å²) in [6.07, 6.45) is -3.16. The topological polar surface area (TPSA) is 67.2 Å². The summed E-state index contributed by atoms with van der Waals surface area (Å²) >= 11 is 0. The van der Waals surface area contributed by atoms with Crippen LogP contribution in [0.5, 0.6) is 0 Å². The maximum absolute atomic E-state index is 13.0. The molecule has 0 bridgehead atoms. The second-order valence-electron chi connectivity index (χ2n) is 8.08. The van der Waals surface area contributed by atoms with Crippen molar-refractivity contribution in [3.63, 3.8) is 0 Å². The minimum Gasteiger partial charge on any atom is -0.344 e. The maximum atomic E-state index is 13.0. The van der Waals surface area contributed by atoms with E-state index >= 15 is 0 Å². The molecule has 1 aromatic heterocycles. The molecular weight excluding hydrogens is 433 g/mol. The van der Waals surface area contributed by atoms with Gasteiger partial charge in [0.1, 0.15) is 12.0 Å². The van der Waals surface area contributed by atoms with Gasteiger partial charge in [0.25, 0.3) is 0 Å². The second-order valence-corrected chi connectivity index (χ2v) is 8.08. The van der Waals surface area contributed by atoms with Gasteiger partial charge in [0.2, 0.25) is 11.8 Å². The first-order valence-electron chi connectivity index (χ1n) is 10.6. The Morgan fingerprint density at radius 3 is 2.33 bits per heavy atom. The number of nitrogens with one attached hydrogen (secondary N) is 1. The summed E-state index contributed by atoms with van der Waals surface area (Å²) in [5.41, 5.74) is 3.15. The number of nitrogens with zero attached hydrogens (tertiary/aromatic N) is 3. The highest BCUT2D eigenvalue weighted by atomic mass is 19.4. The zero-order valence-corrected chi connectivity index (χ0v) is 17.9. The molecule has 2 aromatic carbocycles. The van der Waals surface area contributed by atoms with Crippen molar-refractivity contribution in [1.82, 2.24) is 20.0 Å². The highest BCUT2D eigenvalue weighted by Gasteiger charge is 2.46. The summed E-state index contributed by atoms with van der Waals surface area (Å²) in [6.45, 7) is 0.155. The van der Waals surface area contributed by atoms with E-state index in [1.54, 1.807) is 11.7 Å². The molecule has 1 saturated heterocycles. The van der Waals surface area contributed by atoms with Crippen LogP contribution in [0, 0.1) is 5.92 Å². The summed E-state index contributed by atoms with van der Waals surface area (Å²) in [4.78, 5) is 26.6. The lowest BCUT2D eigenvalue weighted by molar-refractivity contribution is -0.172. The molecule has 1 aliphatic rings. The zero-order valence-electron chi connectivity index (χ0n) is 17.9. The van der Waals surface area contributed by atoms with Gasteiger partial charge in [-0.25, -0.2) is 4.68 Å². The van der Waals surface area contributed by atoms with Gasteiger partial charge in [0, 0.05) is 30.9 Å². The molecule has 33 heavy (non-hydrogen) atoms. The number of aromatic nitrogens is 2. The van der Waals surface area contributed by atoms with Gasteiger partial charge in [0.05, 0.1) is 11.4 Å². The first kappa shape index (κ1) is 22.6. The van der Waals surface area contributed by atoms with E-state index in [1.807, 2.05) is 72.2 Å². The summed E-state index contributed by atoms with van der Waals surface area (Å²) in [5, 5.41) is 6.64. The largest absolute Gasteiger partial charge is 0.408 e. The van der Waals surface area contributed by atoms with E-state index in [2.05, 4.69) is 0 Å². The number of para-hydroxylation sites is 1. The van der Waals surface area contributed by atoms with Gasteiger partial charge >= 0.3 is 6.18 Å². The van der Waals surface area contributed by atoms with Gasteiger partial charge < -0.3 is 10.2 Å². The van der Waals surface area contributed by atoms with Crippen LogP contribution in [0.3, 0.4) is 0 Å². The molecule has 2 amide bonds. The number of halogens is 3. The third-order valence-electron chi connectivity index (χ3n) is 5.71. The molecule has 0 radical (unpaired) electrons. The number of hydrogen-bond donors (Lipinski definition) is 1. The van der Waals surface area contributed by atoms with Gasteiger partial charge in [-0.3, -0.25) is 9.59 Å². The molecule has 4 rings (SSSR count). The van der Waals surface area contributed by atoms with Crippen LogP contribution < -0.4 is 5.32 Å². The highest BCUT2D eigenvalue weighted by molar-refractivity contribution is 6.00. The Bertz CT molecular complexity index is 1130. The van der Waals surface area contributed by atoms with Gasteiger partial charge in [0.15, 0.2) is 0 Å². The lowest BCUT2D eigenvalue weighted by atomic mass is 9.92. The first-order chi connectivity index (χ1) is 15.7. The standard InChI is InChI=1S/C24H23F3N4O2/c1-30(23(33)19-12-13-20(24(25,26)27)28-22(19)32)14-17-15-31(18-10-6-3-7-11-18)29-21(17)16-8-4-2-5-9-16/h2-11,15,19-20H,12-14H2,1H3,(H,28,32). The van der Waals surface area contributed by atoms with Crippen molar-refractivity contribution in [3.8, 4) is 16.9 Å². The summed E-state index contributed by atoms with van der Waals surface area (Å²) in [5.74, 6) is -2.54. The quantitative estimate of drug-likeness (QED) is 0.591. The Labute approximate surface area is 189 Å². The second kappa shape index (κ2) is 9.09. The van der Waals surface area contributed by atoms with Crippen molar-refractivity contribution in [1.29, 1.82) is 0 Å². The van der Waals surface area contributed by atoms with Crippen LogP contribution >= 0.6 is 0 Å². The molecule has 2 atom stereocenters. The number of carbonyl (C=O) groups excluding carboxylic acids is 2. The van der Waals surface area contributed by atoms with E-state index in [0.29, 0.717) is 5.69 Å². The van der Waals surface area contributed by atoms with Crippen molar-refractivity contribution in [2.75, 3.05) is 7.05 Å². The number of hydrogen-bond acceptors (Lipinski definition) is 3. The minimum atomic E-state index is -4.52. The summed E-state index contributed by atoms with van der Waals surface area (Å²) in [7, 11) is 1.54. The molecule has 3 aromatic rings. The van der Waals surface area contributed by atoms with Gasteiger partial charge in [-0.15, -0.1) is 0 Å². The number of carbonyl (C=O) groups is 2. The lowest BCUT2D eigenvalue weighted by Gasteiger charge is -2.31. The smallest absolute Gasteiger partial charge is 0.344 e. The molecular formula is C24H23F3N4O2. The van der Waals surface area contributed by atoms with Crippen molar-refractivity contribution in [2.45, 2.75) is 31.6 Å². The molecule has 2 unspecified atom stereocenters. The maximum Gasteiger partial charge on any atom is 0.408 e. The van der Waals surface area contributed by atoms with Crippen LogP contribution in [0.25, 0.3) is 16.9 Å². The van der Waals surface area contributed by atoms with Crippen LogP contribution in [0.15, 0.2) is 66.9 Å². The van der Waals surface area contributed by atoms with Crippen molar-refractivity contribution < 1.29 is 22.8 Å². The monoisotopic (exact) mass is 456 g/mol. The average Bonchev–Trinajstić information content (AvgIpc) is 3.23. The minimum absolute atomic E-state index is 0.145. The Morgan fingerprint density at radius 2 is 1.73 bits per heavy atom. The molecule has 1 N–H and O–H groups in total. The van der Waals surface area contributed by atoms with Crippen molar-refractivity contribution in [2.24, 2.45) is 5.92 Å². The van der Waals surface area contributed by atoms with Crippen LogP contribution in [0.1, 0.15) is 18.4 Å². The molecule has 1 aliphatic heterocycles. The Morgan fingerprint density at radius 1 is 1.09 bits per heavy atom. The third kappa shape index (κ3) is 4.92. The van der Waals surface area contributed by atoms with E-state index in [9.17, 15) is 22.8 Å². The molecule has 1 fully saturated rings. The molecule has 0 spiro atoms. The molecule has 6 nitrogen and oxygen atoms in total. The van der Waals surface area contributed by atoms with Gasteiger partial charge in [-0.2, -0.15) is 18.3 Å². The number of alkyl halides is 3.